The van der Waals surface area contributed by atoms with E-state index < -0.39 is 0 Å². The van der Waals surface area contributed by atoms with Gasteiger partial charge in [0, 0.05) is 30.3 Å². The maximum atomic E-state index is 6.09. The molecule has 1 aliphatic carbocycles. The summed E-state index contributed by atoms with van der Waals surface area (Å²) in [6.45, 7) is 0.573. The molecule has 0 amide bonds. The van der Waals surface area contributed by atoms with Crippen molar-refractivity contribution in [3.63, 3.8) is 0 Å². The predicted octanol–water partition coefficient (Wildman–Crippen LogP) is 3.57. The van der Waals surface area contributed by atoms with E-state index >= 15 is 0 Å². The van der Waals surface area contributed by atoms with Crippen molar-refractivity contribution in [2.45, 2.75) is 44.7 Å². The molecule has 0 heterocycles. The van der Waals surface area contributed by atoms with Crippen molar-refractivity contribution < 1.29 is 0 Å². The number of hydrogen-bond acceptors (Lipinski definition) is 2. The molecule has 17 heavy (non-hydrogen) atoms. The first kappa shape index (κ1) is 12.7. The highest BCUT2D eigenvalue weighted by Gasteiger charge is 2.19. The SMILES string of the molecule is CN(c1cc(Cl)ccc1CN)C1CCCCC1. The van der Waals surface area contributed by atoms with Gasteiger partial charge in [-0.3, -0.25) is 0 Å². The summed E-state index contributed by atoms with van der Waals surface area (Å²) in [6, 6.07) is 6.64. The van der Waals surface area contributed by atoms with Crippen molar-refractivity contribution in [3.8, 4) is 0 Å². The van der Waals surface area contributed by atoms with Crippen LogP contribution in [-0.4, -0.2) is 13.1 Å². The van der Waals surface area contributed by atoms with Crippen LogP contribution in [0.15, 0.2) is 18.2 Å². The average molecular weight is 253 g/mol. The lowest BCUT2D eigenvalue weighted by atomic mass is 9.94. The molecule has 1 fully saturated rings. The Hall–Kier alpha value is -0.730. The molecule has 0 bridgehead atoms. The molecule has 0 radical (unpaired) electrons. The molecule has 0 unspecified atom stereocenters. The molecule has 1 saturated carbocycles. The van der Waals surface area contributed by atoms with Crippen LogP contribution in [0.2, 0.25) is 5.02 Å². The Bertz CT molecular complexity index is 372. The van der Waals surface area contributed by atoms with Crippen LogP contribution in [-0.2, 0) is 6.54 Å². The van der Waals surface area contributed by atoms with Gasteiger partial charge in [-0.25, -0.2) is 0 Å². The van der Waals surface area contributed by atoms with Crippen LogP contribution >= 0.6 is 11.6 Å². The van der Waals surface area contributed by atoms with E-state index in [0.29, 0.717) is 12.6 Å². The molecule has 1 aliphatic rings. The lowest BCUT2D eigenvalue weighted by Gasteiger charge is -2.34. The van der Waals surface area contributed by atoms with Crippen LogP contribution in [0.3, 0.4) is 0 Å². The van der Waals surface area contributed by atoms with Crippen molar-refractivity contribution in [1.82, 2.24) is 0 Å². The Labute approximate surface area is 109 Å². The largest absolute Gasteiger partial charge is 0.371 e. The van der Waals surface area contributed by atoms with Crippen molar-refractivity contribution in [1.29, 1.82) is 0 Å². The molecule has 2 nitrogen and oxygen atoms in total. The molecule has 2 rings (SSSR count). The highest BCUT2D eigenvalue weighted by molar-refractivity contribution is 6.30. The minimum absolute atomic E-state index is 0.573. The van der Waals surface area contributed by atoms with E-state index in [2.05, 4.69) is 11.9 Å². The Morgan fingerprint density at radius 1 is 1.29 bits per heavy atom. The molecule has 0 aromatic heterocycles. The quantitative estimate of drug-likeness (QED) is 0.891. The highest BCUT2D eigenvalue weighted by atomic mass is 35.5. The smallest absolute Gasteiger partial charge is 0.0426 e. The fourth-order valence-electron chi connectivity index (χ4n) is 2.70. The van der Waals surface area contributed by atoms with Crippen LogP contribution in [0.5, 0.6) is 0 Å². The summed E-state index contributed by atoms with van der Waals surface area (Å²) in [7, 11) is 2.17. The molecule has 94 valence electrons. The van der Waals surface area contributed by atoms with E-state index in [9.17, 15) is 0 Å². The third-order valence-corrected chi connectivity index (χ3v) is 4.00. The normalized spacial score (nSPS) is 17.1. The van der Waals surface area contributed by atoms with E-state index in [-0.39, 0.29) is 0 Å². The first-order valence-electron chi connectivity index (χ1n) is 6.43. The van der Waals surface area contributed by atoms with Gasteiger partial charge in [-0.1, -0.05) is 36.9 Å². The van der Waals surface area contributed by atoms with Crippen LogP contribution in [0, 0.1) is 0 Å². The number of anilines is 1. The zero-order valence-corrected chi connectivity index (χ0v) is 11.2. The number of halogens is 1. The molecular weight excluding hydrogens is 232 g/mol. The fraction of sp³-hybridized carbons (Fsp3) is 0.571. The Morgan fingerprint density at radius 2 is 2.00 bits per heavy atom. The topological polar surface area (TPSA) is 29.3 Å². The summed E-state index contributed by atoms with van der Waals surface area (Å²) >= 11 is 6.09. The first-order valence-corrected chi connectivity index (χ1v) is 6.81. The van der Waals surface area contributed by atoms with Crippen LogP contribution in [0.25, 0.3) is 0 Å². The number of rotatable bonds is 3. The minimum atomic E-state index is 0.573. The fourth-order valence-corrected chi connectivity index (χ4v) is 2.87. The first-order chi connectivity index (χ1) is 8.22. The Balaban J connectivity index is 2.21. The summed E-state index contributed by atoms with van der Waals surface area (Å²) in [5.41, 5.74) is 8.18. The Kier molecular flexibility index (Phi) is 4.30. The summed E-state index contributed by atoms with van der Waals surface area (Å²) in [6.07, 6.45) is 6.63. The Morgan fingerprint density at radius 3 is 2.65 bits per heavy atom. The van der Waals surface area contributed by atoms with Gasteiger partial charge in [-0.05, 0) is 30.5 Å². The molecule has 0 saturated heterocycles. The van der Waals surface area contributed by atoms with Gasteiger partial charge in [0.15, 0.2) is 0 Å². The van der Waals surface area contributed by atoms with Crippen molar-refractivity contribution in [3.05, 3.63) is 28.8 Å². The van der Waals surface area contributed by atoms with Crippen LogP contribution < -0.4 is 10.6 Å². The van der Waals surface area contributed by atoms with Gasteiger partial charge in [0.1, 0.15) is 0 Å². The standard InChI is InChI=1S/C14H21ClN2/c1-17(13-5-3-2-4-6-13)14-9-12(15)8-7-11(14)10-16/h7-9,13H,2-6,10,16H2,1H3. The van der Waals surface area contributed by atoms with E-state index in [1.54, 1.807) is 0 Å². The van der Waals surface area contributed by atoms with Crippen molar-refractivity contribution in [2.24, 2.45) is 5.73 Å². The lowest BCUT2D eigenvalue weighted by Crippen LogP contribution is -2.34. The molecule has 1 aromatic carbocycles. The van der Waals surface area contributed by atoms with Gasteiger partial charge in [0.25, 0.3) is 0 Å². The van der Waals surface area contributed by atoms with Crippen LogP contribution in [0.1, 0.15) is 37.7 Å². The molecule has 3 heteroatoms. The van der Waals surface area contributed by atoms with E-state index in [1.807, 2.05) is 18.2 Å². The number of nitrogens with two attached hydrogens (primary N) is 1. The number of benzene rings is 1. The predicted molar refractivity (Wildman–Crippen MR) is 74.6 cm³/mol. The lowest BCUT2D eigenvalue weighted by molar-refractivity contribution is 0.427. The summed E-state index contributed by atoms with van der Waals surface area (Å²) < 4.78 is 0. The highest BCUT2D eigenvalue weighted by Crippen LogP contribution is 2.30. The second-order valence-corrected chi connectivity index (χ2v) is 5.32. The average Bonchev–Trinajstić information content (AvgIpc) is 2.39. The third kappa shape index (κ3) is 2.93. The van der Waals surface area contributed by atoms with Crippen LogP contribution in [0.4, 0.5) is 5.69 Å². The number of nitrogens with zero attached hydrogens (tertiary/aromatic N) is 1. The van der Waals surface area contributed by atoms with E-state index in [4.69, 9.17) is 17.3 Å². The maximum absolute atomic E-state index is 6.09. The maximum Gasteiger partial charge on any atom is 0.0426 e. The second-order valence-electron chi connectivity index (χ2n) is 4.88. The molecular formula is C14H21ClN2. The van der Waals surface area contributed by atoms with Crippen molar-refractivity contribution >= 4 is 17.3 Å². The van der Waals surface area contributed by atoms with Crippen molar-refractivity contribution in [2.75, 3.05) is 11.9 Å². The molecule has 0 aliphatic heterocycles. The van der Waals surface area contributed by atoms with E-state index in [0.717, 1.165) is 5.02 Å². The summed E-state index contributed by atoms with van der Waals surface area (Å²) in [4.78, 5) is 2.37. The third-order valence-electron chi connectivity index (χ3n) is 3.77. The van der Waals surface area contributed by atoms with Gasteiger partial charge < -0.3 is 10.6 Å². The monoisotopic (exact) mass is 252 g/mol. The molecule has 0 atom stereocenters. The zero-order valence-electron chi connectivity index (χ0n) is 10.5. The number of hydrogen-bond donors (Lipinski definition) is 1. The van der Waals surface area contributed by atoms with Gasteiger partial charge in [0.05, 0.1) is 0 Å². The summed E-state index contributed by atoms with van der Waals surface area (Å²) in [5, 5.41) is 0.792. The molecule has 0 spiro atoms. The zero-order chi connectivity index (χ0) is 12.3. The minimum Gasteiger partial charge on any atom is -0.371 e. The second kappa shape index (κ2) is 5.74. The van der Waals surface area contributed by atoms with E-state index in [1.165, 1.54) is 43.4 Å². The van der Waals surface area contributed by atoms with Gasteiger partial charge >= 0.3 is 0 Å². The summed E-state index contributed by atoms with van der Waals surface area (Å²) in [5.74, 6) is 0. The van der Waals surface area contributed by atoms with Gasteiger partial charge in [0.2, 0.25) is 0 Å². The molecule has 2 N–H and O–H groups in total. The van der Waals surface area contributed by atoms with Gasteiger partial charge in [-0.15, -0.1) is 0 Å². The van der Waals surface area contributed by atoms with Gasteiger partial charge in [-0.2, -0.15) is 0 Å². The molecule has 1 aromatic rings.